The second-order valence-electron chi connectivity index (χ2n) is 10.5. The first kappa shape index (κ1) is 28.9. The fourth-order valence-corrected chi connectivity index (χ4v) is 5.37. The fraction of sp³-hybridized carbons (Fsp3) is 0.862. The van der Waals surface area contributed by atoms with Crippen molar-refractivity contribution in [3.8, 4) is 0 Å². The van der Waals surface area contributed by atoms with Gasteiger partial charge in [-0.05, 0) is 58.0 Å². The van der Waals surface area contributed by atoms with Crippen LogP contribution in [0.2, 0.25) is 0 Å². The van der Waals surface area contributed by atoms with Gasteiger partial charge in [0.1, 0.15) is 6.61 Å². The Morgan fingerprint density at radius 1 is 0.912 bits per heavy atom. The number of carbonyl (C=O) groups is 2. The lowest BCUT2D eigenvalue weighted by molar-refractivity contribution is -0.149. The monoisotopic (exact) mass is 476 g/mol. The van der Waals surface area contributed by atoms with Crippen LogP contribution in [-0.4, -0.2) is 61.0 Å². The molecule has 2 rings (SSSR count). The molecular weight excluding hydrogens is 424 g/mol. The molecule has 2 aliphatic heterocycles. The topological polar surface area (TPSA) is 49.9 Å². The van der Waals surface area contributed by atoms with Crippen LogP contribution in [0.15, 0.2) is 12.2 Å². The summed E-state index contributed by atoms with van der Waals surface area (Å²) in [6, 6.07) is 0.0108. The summed E-state index contributed by atoms with van der Waals surface area (Å²) in [6.07, 6.45) is 25.1. The third kappa shape index (κ3) is 11.4. The number of amides is 1. The van der Waals surface area contributed by atoms with E-state index in [2.05, 4.69) is 24.0 Å². The van der Waals surface area contributed by atoms with Crippen molar-refractivity contribution in [2.75, 3.05) is 33.3 Å². The Morgan fingerprint density at radius 3 is 2.15 bits per heavy atom. The first-order valence-corrected chi connectivity index (χ1v) is 14.4. The molecule has 0 aromatic heterocycles. The van der Waals surface area contributed by atoms with Gasteiger partial charge in [0.25, 0.3) is 0 Å². The normalized spacial score (nSPS) is 21.2. The minimum atomic E-state index is -0.284. The lowest BCUT2D eigenvalue weighted by Gasteiger charge is -2.24. The molecule has 0 spiro atoms. The molecular formula is C29H52N2O3. The summed E-state index contributed by atoms with van der Waals surface area (Å²) in [7, 11) is 1.85. The first-order valence-electron chi connectivity index (χ1n) is 14.4. The lowest BCUT2D eigenvalue weighted by atomic mass is 9.95. The highest BCUT2D eigenvalue weighted by atomic mass is 16.5. The van der Waals surface area contributed by atoms with Crippen LogP contribution in [0.25, 0.3) is 0 Å². The highest BCUT2D eigenvalue weighted by molar-refractivity contribution is 5.87. The molecule has 0 aromatic rings. The van der Waals surface area contributed by atoms with E-state index in [9.17, 15) is 9.59 Å². The Hall–Kier alpha value is -1.36. The SMILES string of the molecule is CCCCCCCC/C=C\CCCCCCC[C@@H]1[C@@H](C(=O)OCCN2CCCC2)CC(=O)N1C. The van der Waals surface area contributed by atoms with E-state index in [0.717, 1.165) is 32.5 Å². The Morgan fingerprint density at radius 2 is 1.50 bits per heavy atom. The molecule has 5 heteroatoms. The number of allylic oxidation sites excluding steroid dienone is 2. The van der Waals surface area contributed by atoms with Crippen molar-refractivity contribution in [1.82, 2.24) is 9.80 Å². The van der Waals surface area contributed by atoms with Gasteiger partial charge in [-0.1, -0.05) is 76.9 Å². The van der Waals surface area contributed by atoms with Gasteiger partial charge in [-0.3, -0.25) is 14.5 Å². The minimum absolute atomic E-state index is 0.0108. The number of hydrogen-bond donors (Lipinski definition) is 0. The van der Waals surface area contributed by atoms with Gasteiger partial charge < -0.3 is 9.64 Å². The number of ether oxygens (including phenoxy) is 1. The molecule has 0 N–H and O–H groups in total. The second-order valence-corrected chi connectivity index (χ2v) is 10.5. The van der Waals surface area contributed by atoms with E-state index in [0.29, 0.717) is 13.0 Å². The molecule has 0 saturated carbocycles. The van der Waals surface area contributed by atoms with Gasteiger partial charge in [-0.15, -0.1) is 0 Å². The van der Waals surface area contributed by atoms with E-state index in [1.165, 1.54) is 89.9 Å². The molecule has 2 saturated heterocycles. The number of carbonyl (C=O) groups excluding carboxylic acids is 2. The van der Waals surface area contributed by atoms with Crippen molar-refractivity contribution in [3.63, 3.8) is 0 Å². The summed E-state index contributed by atoms with van der Waals surface area (Å²) in [5, 5.41) is 0. The van der Waals surface area contributed by atoms with Gasteiger partial charge in [0, 0.05) is 26.1 Å². The van der Waals surface area contributed by atoms with Gasteiger partial charge in [0.15, 0.2) is 0 Å². The number of nitrogens with zero attached hydrogens (tertiary/aromatic N) is 2. The number of likely N-dealkylation sites (tertiary alicyclic amines) is 2. The molecule has 1 amide bonds. The van der Waals surface area contributed by atoms with Crippen LogP contribution in [-0.2, 0) is 14.3 Å². The predicted molar refractivity (Wildman–Crippen MR) is 141 cm³/mol. The maximum absolute atomic E-state index is 12.7. The molecule has 0 aromatic carbocycles. The summed E-state index contributed by atoms with van der Waals surface area (Å²) >= 11 is 0. The van der Waals surface area contributed by atoms with Crippen LogP contribution in [0.1, 0.15) is 116 Å². The quantitative estimate of drug-likeness (QED) is 0.121. The van der Waals surface area contributed by atoms with Gasteiger partial charge in [0.2, 0.25) is 5.91 Å². The van der Waals surface area contributed by atoms with E-state index in [4.69, 9.17) is 4.74 Å². The molecule has 5 nitrogen and oxygen atoms in total. The zero-order valence-corrected chi connectivity index (χ0v) is 22.3. The van der Waals surface area contributed by atoms with E-state index in [1.54, 1.807) is 4.90 Å². The summed E-state index contributed by atoms with van der Waals surface area (Å²) in [6.45, 7) is 5.76. The Kier molecular flexibility index (Phi) is 15.3. The Balaban J connectivity index is 1.50. The Bertz CT molecular complexity index is 586. The van der Waals surface area contributed by atoms with E-state index >= 15 is 0 Å². The van der Waals surface area contributed by atoms with Crippen LogP contribution >= 0.6 is 0 Å². The first-order chi connectivity index (χ1) is 16.6. The van der Waals surface area contributed by atoms with E-state index in [-0.39, 0.29) is 23.8 Å². The largest absolute Gasteiger partial charge is 0.464 e. The molecule has 0 radical (unpaired) electrons. The van der Waals surface area contributed by atoms with Gasteiger partial charge in [-0.2, -0.15) is 0 Å². The maximum atomic E-state index is 12.7. The molecule has 2 heterocycles. The molecule has 2 fully saturated rings. The molecule has 2 aliphatic rings. The lowest BCUT2D eigenvalue weighted by Crippen LogP contribution is -2.35. The van der Waals surface area contributed by atoms with Gasteiger partial charge in [-0.25, -0.2) is 0 Å². The summed E-state index contributed by atoms with van der Waals surface area (Å²) in [5.74, 6) is -0.373. The number of esters is 1. The molecule has 0 bridgehead atoms. The highest BCUT2D eigenvalue weighted by Gasteiger charge is 2.42. The van der Waals surface area contributed by atoms with E-state index < -0.39 is 0 Å². The van der Waals surface area contributed by atoms with Crippen LogP contribution in [0.4, 0.5) is 0 Å². The standard InChI is InChI=1S/C29H52N2O3/c1-3-4-5-6-7-8-9-10-11-12-13-14-15-16-17-20-27-26(25-28(32)30(27)2)29(33)34-24-23-31-21-18-19-22-31/h10-11,26-27H,3-9,12-25H2,1-2H3/b11-10-/t26-,27+/m0/s1. The van der Waals surface area contributed by atoms with Crippen LogP contribution in [0.3, 0.4) is 0 Å². The molecule has 34 heavy (non-hydrogen) atoms. The second kappa shape index (κ2) is 18.0. The Labute approximate surface area is 209 Å². The third-order valence-electron chi connectivity index (χ3n) is 7.66. The van der Waals surface area contributed by atoms with Crippen molar-refractivity contribution in [3.05, 3.63) is 12.2 Å². The number of rotatable bonds is 19. The fourth-order valence-electron chi connectivity index (χ4n) is 5.37. The van der Waals surface area contributed by atoms with Crippen LogP contribution in [0.5, 0.6) is 0 Å². The predicted octanol–water partition coefficient (Wildman–Crippen LogP) is 6.51. The van der Waals surface area contributed by atoms with Crippen molar-refractivity contribution < 1.29 is 14.3 Å². The van der Waals surface area contributed by atoms with Crippen molar-refractivity contribution in [2.45, 2.75) is 122 Å². The maximum Gasteiger partial charge on any atom is 0.311 e. The average molecular weight is 477 g/mol. The molecule has 0 aliphatic carbocycles. The smallest absolute Gasteiger partial charge is 0.311 e. The summed E-state index contributed by atoms with van der Waals surface area (Å²) in [4.78, 5) is 29.0. The highest BCUT2D eigenvalue weighted by Crippen LogP contribution is 2.29. The van der Waals surface area contributed by atoms with Crippen LogP contribution < -0.4 is 0 Å². The van der Waals surface area contributed by atoms with Gasteiger partial charge in [0.05, 0.1) is 5.92 Å². The number of hydrogen-bond acceptors (Lipinski definition) is 4. The molecule has 196 valence electrons. The van der Waals surface area contributed by atoms with Gasteiger partial charge >= 0.3 is 5.97 Å². The third-order valence-corrected chi connectivity index (χ3v) is 7.66. The zero-order valence-electron chi connectivity index (χ0n) is 22.3. The summed E-state index contributed by atoms with van der Waals surface area (Å²) in [5.41, 5.74) is 0. The van der Waals surface area contributed by atoms with Crippen molar-refractivity contribution in [1.29, 1.82) is 0 Å². The zero-order chi connectivity index (χ0) is 24.4. The summed E-state index contributed by atoms with van der Waals surface area (Å²) < 4.78 is 5.58. The average Bonchev–Trinajstić information content (AvgIpc) is 3.45. The number of unbranched alkanes of at least 4 members (excludes halogenated alkanes) is 11. The van der Waals surface area contributed by atoms with Crippen molar-refractivity contribution in [2.24, 2.45) is 5.92 Å². The van der Waals surface area contributed by atoms with E-state index in [1.807, 2.05) is 7.05 Å². The molecule has 0 unspecified atom stereocenters. The molecule has 2 atom stereocenters. The van der Waals surface area contributed by atoms with Crippen LogP contribution in [0, 0.1) is 5.92 Å². The minimum Gasteiger partial charge on any atom is -0.464 e. The van der Waals surface area contributed by atoms with Crippen molar-refractivity contribution >= 4 is 11.9 Å².